The summed E-state index contributed by atoms with van der Waals surface area (Å²) in [5.41, 5.74) is 1.79. The lowest BCUT2D eigenvalue weighted by Crippen LogP contribution is -2.38. The van der Waals surface area contributed by atoms with Crippen LogP contribution in [-0.4, -0.2) is 49.3 Å². The van der Waals surface area contributed by atoms with Gasteiger partial charge in [-0.05, 0) is 54.4 Å². The van der Waals surface area contributed by atoms with Crippen LogP contribution in [0, 0.1) is 6.92 Å². The largest absolute Gasteiger partial charge is 0.508 e. The van der Waals surface area contributed by atoms with Crippen LogP contribution in [0.25, 0.3) is 0 Å². The van der Waals surface area contributed by atoms with Gasteiger partial charge in [-0.3, -0.25) is 9.59 Å². The fourth-order valence-electron chi connectivity index (χ4n) is 3.33. The minimum Gasteiger partial charge on any atom is -0.508 e. The second-order valence-electron chi connectivity index (χ2n) is 8.40. The van der Waals surface area contributed by atoms with Crippen LogP contribution in [-0.2, 0) is 11.3 Å². The van der Waals surface area contributed by atoms with Gasteiger partial charge in [0.2, 0.25) is 0 Å². The summed E-state index contributed by atoms with van der Waals surface area (Å²) in [5, 5.41) is 19.4. The number of halogens is 3. The van der Waals surface area contributed by atoms with E-state index in [1.54, 1.807) is 60.8 Å². The number of anilines is 1. The van der Waals surface area contributed by atoms with Crippen LogP contribution in [0.1, 0.15) is 21.5 Å². The monoisotopic (exact) mass is 560 g/mol. The Labute approximate surface area is 227 Å². The lowest BCUT2D eigenvalue weighted by atomic mass is 10.2. The van der Waals surface area contributed by atoms with Crippen molar-refractivity contribution < 1.29 is 42.1 Å². The molecule has 0 radical (unpaired) electrons. The maximum atomic E-state index is 12.5. The Kier molecular flexibility index (Phi) is 9.79. The van der Waals surface area contributed by atoms with Crippen molar-refractivity contribution in [2.75, 3.05) is 25.5 Å². The van der Waals surface area contributed by atoms with Crippen molar-refractivity contribution in [3.8, 4) is 23.0 Å². The molecule has 0 fully saturated rings. The fraction of sp³-hybridized carbons (Fsp3) is 0.222. The summed E-state index contributed by atoms with van der Waals surface area (Å²) in [4.78, 5) is 35.2. The van der Waals surface area contributed by atoms with Gasteiger partial charge in [-0.1, -0.05) is 18.2 Å². The Balaban J connectivity index is 1.54. The van der Waals surface area contributed by atoms with Crippen LogP contribution in [0.15, 0.2) is 60.7 Å². The number of hydrogen-bond acceptors (Lipinski definition) is 6. The number of ether oxygens (including phenoxy) is 2. The summed E-state index contributed by atoms with van der Waals surface area (Å²) in [5.74, 6) is -1.48. The number of carbonyl (C=O) groups excluding carboxylic acids is 3. The van der Waals surface area contributed by atoms with E-state index in [2.05, 4.69) is 16.0 Å². The molecule has 10 nitrogen and oxygen atoms in total. The highest BCUT2D eigenvalue weighted by molar-refractivity contribution is 5.94. The van der Waals surface area contributed by atoms with E-state index in [0.717, 1.165) is 5.56 Å². The summed E-state index contributed by atoms with van der Waals surface area (Å²) in [6, 6.07) is 15.6. The lowest BCUT2D eigenvalue weighted by Gasteiger charge is -2.15. The number of carbonyl (C=O) groups is 3. The first-order valence-electron chi connectivity index (χ1n) is 11.9. The Morgan fingerprint density at radius 1 is 0.950 bits per heavy atom. The van der Waals surface area contributed by atoms with Gasteiger partial charge >= 0.3 is 18.1 Å². The number of amides is 4. The van der Waals surface area contributed by atoms with E-state index in [1.165, 1.54) is 19.2 Å². The number of urea groups is 1. The zero-order valence-electron chi connectivity index (χ0n) is 21.5. The van der Waals surface area contributed by atoms with Gasteiger partial charge < -0.3 is 35.8 Å². The second-order valence-corrected chi connectivity index (χ2v) is 8.40. The molecule has 0 aliphatic rings. The summed E-state index contributed by atoms with van der Waals surface area (Å²) < 4.78 is 48.0. The van der Waals surface area contributed by atoms with Crippen molar-refractivity contribution in [3.63, 3.8) is 0 Å². The van der Waals surface area contributed by atoms with Crippen LogP contribution in [0.4, 0.5) is 23.7 Å². The quantitative estimate of drug-likeness (QED) is 0.186. The molecular weight excluding hydrogens is 533 g/mol. The summed E-state index contributed by atoms with van der Waals surface area (Å²) in [7, 11) is 1.54. The highest BCUT2D eigenvalue weighted by atomic mass is 19.4. The average Bonchev–Trinajstić information content (AvgIpc) is 2.92. The van der Waals surface area contributed by atoms with E-state index in [9.17, 15) is 32.7 Å². The maximum absolute atomic E-state index is 12.5. The standard InChI is InChI=1S/C27H27F3N4O6/c1-16-12-21(23(14-22(16)35)39-11-10-32-25(37)27(28,29)30)34-26(38)33-15-17-6-8-19(9-7-17)40-20-5-3-4-18(13-20)24(36)31-2/h3-9,12-14,35H,10-11,15H2,1-2H3,(H,31,36)(H,32,37)(H2,33,34,38). The van der Waals surface area contributed by atoms with Crippen molar-refractivity contribution in [1.29, 1.82) is 0 Å². The van der Waals surface area contributed by atoms with Crippen LogP contribution in [0.5, 0.6) is 23.0 Å². The second kappa shape index (κ2) is 13.2. The molecule has 0 spiro atoms. The third-order valence-electron chi connectivity index (χ3n) is 5.38. The molecular formula is C27H27F3N4O6. The third-order valence-corrected chi connectivity index (χ3v) is 5.38. The summed E-state index contributed by atoms with van der Waals surface area (Å²) in [6.07, 6.45) is -5.01. The highest BCUT2D eigenvalue weighted by Crippen LogP contribution is 2.32. The molecule has 212 valence electrons. The Hall–Kier alpha value is -4.94. The maximum Gasteiger partial charge on any atom is 0.471 e. The molecule has 0 unspecified atom stereocenters. The van der Waals surface area contributed by atoms with Gasteiger partial charge in [0.25, 0.3) is 5.91 Å². The molecule has 0 atom stereocenters. The average molecular weight is 561 g/mol. The molecule has 3 aromatic rings. The number of alkyl halides is 3. The van der Waals surface area contributed by atoms with E-state index in [1.807, 2.05) is 0 Å². The molecule has 0 aromatic heterocycles. The van der Waals surface area contributed by atoms with Crippen molar-refractivity contribution in [2.45, 2.75) is 19.6 Å². The number of aryl methyl sites for hydroxylation is 1. The number of rotatable bonds is 10. The number of hydrogen-bond donors (Lipinski definition) is 5. The minimum atomic E-state index is -5.01. The van der Waals surface area contributed by atoms with Gasteiger partial charge in [0.05, 0.1) is 12.2 Å². The van der Waals surface area contributed by atoms with E-state index >= 15 is 0 Å². The molecule has 0 aliphatic heterocycles. The number of nitrogens with one attached hydrogen (secondary N) is 4. The first kappa shape index (κ1) is 29.6. The molecule has 0 saturated heterocycles. The zero-order valence-corrected chi connectivity index (χ0v) is 21.5. The van der Waals surface area contributed by atoms with Crippen molar-refractivity contribution in [2.24, 2.45) is 0 Å². The molecule has 0 bridgehead atoms. The van der Waals surface area contributed by atoms with Gasteiger partial charge in [-0.15, -0.1) is 0 Å². The number of phenols is 1. The first-order chi connectivity index (χ1) is 19.0. The van der Waals surface area contributed by atoms with Gasteiger partial charge in [0, 0.05) is 25.2 Å². The molecule has 4 amide bonds. The lowest BCUT2D eigenvalue weighted by molar-refractivity contribution is -0.173. The molecule has 3 aromatic carbocycles. The number of benzene rings is 3. The van der Waals surface area contributed by atoms with Gasteiger partial charge in [0.1, 0.15) is 29.6 Å². The molecule has 3 rings (SSSR count). The van der Waals surface area contributed by atoms with Crippen LogP contribution >= 0.6 is 0 Å². The Morgan fingerprint density at radius 2 is 1.68 bits per heavy atom. The highest BCUT2D eigenvalue weighted by Gasteiger charge is 2.38. The van der Waals surface area contributed by atoms with Gasteiger partial charge in [-0.2, -0.15) is 13.2 Å². The molecule has 0 heterocycles. The summed E-state index contributed by atoms with van der Waals surface area (Å²) in [6.45, 7) is 0.947. The van der Waals surface area contributed by atoms with Crippen LogP contribution in [0.3, 0.4) is 0 Å². The minimum absolute atomic E-state index is 0.00139. The predicted molar refractivity (Wildman–Crippen MR) is 140 cm³/mol. The topological polar surface area (TPSA) is 138 Å². The molecule has 13 heteroatoms. The predicted octanol–water partition coefficient (Wildman–Crippen LogP) is 4.23. The van der Waals surface area contributed by atoms with Gasteiger partial charge in [0.15, 0.2) is 0 Å². The molecule has 0 saturated carbocycles. The van der Waals surface area contributed by atoms with Gasteiger partial charge in [-0.25, -0.2) is 4.79 Å². The normalized spacial score (nSPS) is 10.8. The zero-order chi connectivity index (χ0) is 29.3. The molecule has 0 aliphatic carbocycles. The molecule has 5 N–H and O–H groups in total. The van der Waals surface area contributed by atoms with Crippen LogP contribution < -0.4 is 30.7 Å². The Bertz CT molecular complexity index is 1360. The fourth-order valence-corrected chi connectivity index (χ4v) is 3.33. The van der Waals surface area contributed by atoms with Crippen molar-refractivity contribution >= 4 is 23.5 Å². The van der Waals surface area contributed by atoms with E-state index < -0.39 is 24.7 Å². The first-order valence-corrected chi connectivity index (χ1v) is 11.9. The Morgan fingerprint density at radius 3 is 2.35 bits per heavy atom. The van der Waals surface area contributed by atoms with E-state index in [0.29, 0.717) is 22.6 Å². The summed E-state index contributed by atoms with van der Waals surface area (Å²) >= 11 is 0. The SMILES string of the molecule is CNC(=O)c1cccc(Oc2ccc(CNC(=O)Nc3cc(C)c(O)cc3OCCNC(=O)C(F)(F)F)cc2)c1. The van der Waals surface area contributed by atoms with E-state index in [-0.39, 0.29) is 36.2 Å². The smallest absolute Gasteiger partial charge is 0.471 e. The third kappa shape index (κ3) is 8.55. The number of aromatic hydroxyl groups is 1. The van der Waals surface area contributed by atoms with Crippen LogP contribution in [0.2, 0.25) is 0 Å². The van der Waals surface area contributed by atoms with Crippen molar-refractivity contribution in [3.05, 3.63) is 77.4 Å². The number of phenolic OH excluding ortho intramolecular Hbond substituents is 1. The van der Waals surface area contributed by atoms with E-state index in [4.69, 9.17) is 9.47 Å². The molecule has 40 heavy (non-hydrogen) atoms. The van der Waals surface area contributed by atoms with Crippen molar-refractivity contribution in [1.82, 2.24) is 16.0 Å².